The standard InChI is InChI=1S/C26H34N4O2/c1-19(2)26(32)30-12-10-23-18-22(8-9-24(23)30)20-4-6-21(7-5-20)25(31)27-11-13-29-16-14-28(3)15-17-29/h4-9,18-19H,10-17H2,1-3H3,(H,27,31). The molecule has 1 N–H and O–H groups in total. The van der Waals surface area contributed by atoms with Gasteiger partial charge in [0.15, 0.2) is 0 Å². The van der Waals surface area contributed by atoms with Crippen LogP contribution in [0.5, 0.6) is 0 Å². The quantitative estimate of drug-likeness (QED) is 0.760. The zero-order valence-corrected chi connectivity index (χ0v) is 19.4. The van der Waals surface area contributed by atoms with Crippen molar-refractivity contribution >= 4 is 17.5 Å². The van der Waals surface area contributed by atoms with E-state index in [9.17, 15) is 9.59 Å². The third-order valence-electron chi connectivity index (χ3n) is 6.52. The lowest BCUT2D eigenvalue weighted by atomic mass is 10.0. The lowest BCUT2D eigenvalue weighted by Crippen LogP contribution is -2.46. The third-order valence-corrected chi connectivity index (χ3v) is 6.52. The summed E-state index contributed by atoms with van der Waals surface area (Å²) in [6, 6.07) is 14.1. The Labute approximate surface area is 191 Å². The first-order chi connectivity index (χ1) is 15.4. The summed E-state index contributed by atoms with van der Waals surface area (Å²) < 4.78 is 0. The molecule has 0 spiro atoms. The zero-order valence-electron chi connectivity index (χ0n) is 19.4. The van der Waals surface area contributed by atoms with E-state index in [-0.39, 0.29) is 17.7 Å². The number of piperazine rings is 1. The Morgan fingerprint density at radius 3 is 2.31 bits per heavy atom. The van der Waals surface area contributed by atoms with Gasteiger partial charge in [0, 0.05) is 63.0 Å². The summed E-state index contributed by atoms with van der Waals surface area (Å²) in [5.41, 5.74) is 5.12. The van der Waals surface area contributed by atoms with Crippen LogP contribution in [0.25, 0.3) is 11.1 Å². The predicted octanol–water partition coefficient (Wildman–Crippen LogP) is 2.88. The number of nitrogens with zero attached hydrogens (tertiary/aromatic N) is 3. The number of fused-ring (bicyclic) bond motifs is 1. The third kappa shape index (κ3) is 5.03. The van der Waals surface area contributed by atoms with Gasteiger partial charge in [0.2, 0.25) is 5.91 Å². The van der Waals surface area contributed by atoms with Crippen molar-refractivity contribution in [3.05, 3.63) is 53.6 Å². The van der Waals surface area contributed by atoms with Crippen LogP contribution in [0.4, 0.5) is 5.69 Å². The summed E-state index contributed by atoms with van der Waals surface area (Å²) in [6.45, 7) is 10.5. The number of anilines is 1. The van der Waals surface area contributed by atoms with E-state index in [1.807, 2.05) is 43.0 Å². The second-order valence-electron chi connectivity index (χ2n) is 9.22. The number of rotatable bonds is 6. The average Bonchev–Trinajstić information content (AvgIpc) is 3.23. The molecule has 2 heterocycles. The molecule has 1 fully saturated rings. The fraction of sp³-hybridized carbons (Fsp3) is 0.462. The Bertz CT molecular complexity index is 962. The van der Waals surface area contributed by atoms with Crippen LogP contribution in [0.1, 0.15) is 29.8 Å². The second kappa shape index (κ2) is 9.84. The first-order valence-electron chi connectivity index (χ1n) is 11.7. The summed E-state index contributed by atoms with van der Waals surface area (Å²) in [6.07, 6.45) is 0.884. The highest BCUT2D eigenvalue weighted by Crippen LogP contribution is 2.33. The largest absolute Gasteiger partial charge is 0.351 e. The van der Waals surface area contributed by atoms with E-state index in [1.165, 1.54) is 5.56 Å². The molecule has 0 bridgehead atoms. The smallest absolute Gasteiger partial charge is 0.251 e. The van der Waals surface area contributed by atoms with Gasteiger partial charge in [-0.2, -0.15) is 0 Å². The first-order valence-corrected chi connectivity index (χ1v) is 11.7. The van der Waals surface area contributed by atoms with E-state index in [0.29, 0.717) is 12.1 Å². The predicted molar refractivity (Wildman–Crippen MR) is 129 cm³/mol. The van der Waals surface area contributed by atoms with Crippen molar-refractivity contribution in [2.75, 3.05) is 57.8 Å². The molecule has 170 valence electrons. The molecule has 2 amide bonds. The Morgan fingerprint density at radius 1 is 0.938 bits per heavy atom. The van der Waals surface area contributed by atoms with Crippen molar-refractivity contribution < 1.29 is 9.59 Å². The van der Waals surface area contributed by atoms with Crippen LogP contribution in [0.15, 0.2) is 42.5 Å². The lowest BCUT2D eigenvalue weighted by Gasteiger charge is -2.32. The van der Waals surface area contributed by atoms with Crippen molar-refractivity contribution in [2.24, 2.45) is 5.92 Å². The van der Waals surface area contributed by atoms with Gasteiger partial charge in [-0.15, -0.1) is 0 Å². The fourth-order valence-corrected chi connectivity index (χ4v) is 4.44. The van der Waals surface area contributed by atoms with Gasteiger partial charge in [0.25, 0.3) is 5.91 Å². The second-order valence-corrected chi connectivity index (χ2v) is 9.22. The van der Waals surface area contributed by atoms with Crippen LogP contribution in [0.2, 0.25) is 0 Å². The first kappa shape index (κ1) is 22.5. The molecule has 32 heavy (non-hydrogen) atoms. The van der Waals surface area contributed by atoms with Crippen molar-refractivity contribution in [1.82, 2.24) is 15.1 Å². The molecule has 0 aliphatic carbocycles. The Balaban J connectivity index is 1.34. The number of amides is 2. The molecule has 0 saturated carbocycles. The molecule has 2 aromatic carbocycles. The normalized spacial score (nSPS) is 16.9. The molecular formula is C26H34N4O2. The van der Waals surface area contributed by atoms with Gasteiger partial charge in [0.1, 0.15) is 0 Å². The molecule has 0 unspecified atom stereocenters. The fourth-order valence-electron chi connectivity index (χ4n) is 4.44. The monoisotopic (exact) mass is 434 g/mol. The summed E-state index contributed by atoms with van der Waals surface area (Å²) in [5, 5.41) is 3.04. The number of benzene rings is 2. The van der Waals surface area contributed by atoms with Gasteiger partial charge in [0.05, 0.1) is 0 Å². The van der Waals surface area contributed by atoms with Crippen LogP contribution < -0.4 is 10.2 Å². The van der Waals surface area contributed by atoms with E-state index in [4.69, 9.17) is 0 Å². The van der Waals surface area contributed by atoms with Crippen LogP contribution in [-0.2, 0) is 11.2 Å². The number of likely N-dealkylation sites (N-methyl/N-ethyl adjacent to an activating group) is 1. The van der Waals surface area contributed by atoms with Gasteiger partial charge < -0.3 is 15.1 Å². The highest BCUT2D eigenvalue weighted by Gasteiger charge is 2.26. The number of carbonyl (C=O) groups is 2. The SMILES string of the molecule is CC(C)C(=O)N1CCc2cc(-c3ccc(C(=O)NCCN4CCN(C)CC4)cc3)ccc21. The Hall–Kier alpha value is -2.70. The molecule has 2 aliphatic rings. The maximum absolute atomic E-state index is 12.5. The number of hydrogen-bond acceptors (Lipinski definition) is 4. The molecule has 0 aromatic heterocycles. The zero-order chi connectivity index (χ0) is 22.7. The topological polar surface area (TPSA) is 55.9 Å². The maximum Gasteiger partial charge on any atom is 0.251 e. The summed E-state index contributed by atoms with van der Waals surface area (Å²) in [7, 11) is 2.15. The van der Waals surface area contributed by atoms with Crippen molar-refractivity contribution in [3.63, 3.8) is 0 Å². The maximum atomic E-state index is 12.5. The van der Waals surface area contributed by atoms with Crippen molar-refractivity contribution in [1.29, 1.82) is 0 Å². The van der Waals surface area contributed by atoms with Gasteiger partial charge >= 0.3 is 0 Å². The lowest BCUT2D eigenvalue weighted by molar-refractivity contribution is -0.121. The molecule has 2 aromatic rings. The van der Waals surface area contributed by atoms with Crippen molar-refractivity contribution in [2.45, 2.75) is 20.3 Å². The Morgan fingerprint density at radius 2 is 1.62 bits per heavy atom. The van der Waals surface area contributed by atoms with Crippen LogP contribution >= 0.6 is 0 Å². The number of carbonyl (C=O) groups excluding carboxylic acids is 2. The van der Waals surface area contributed by atoms with Crippen molar-refractivity contribution in [3.8, 4) is 11.1 Å². The highest BCUT2D eigenvalue weighted by atomic mass is 16.2. The van der Waals surface area contributed by atoms with E-state index < -0.39 is 0 Å². The minimum Gasteiger partial charge on any atom is -0.351 e. The van der Waals surface area contributed by atoms with Gasteiger partial charge in [-0.1, -0.05) is 32.0 Å². The van der Waals surface area contributed by atoms with Gasteiger partial charge in [-0.25, -0.2) is 0 Å². The van der Waals surface area contributed by atoms with E-state index >= 15 is 0 Å². The molecular weight excluding hydrogens is 400 g/mol. The van der Waals surface area contributed by atoms with Crippen LogP contribution in [-0.4, -0.2) is 74.5 Å². The molecule has 2 aliphatic heterocycles. The summed E-state index contributed by atoms with van der Waals surface area (Å²) in [4.78, 5) is 31.6. The van der Waals surface area contributed by atoms with E-state index in [2.05, 4.69) is 40.4 Å². The molecule has 0 atom stereocenters. The minimum atomic E-state index is -0.0255. The van der Waals surface area contributed by atoms with Gasteiger partial charge in [-0.3, -0.25) is 14.5 Å². The van der Waals surface area contributed by atoms with Crippen LogP contribution in [0.3, 0.4) is 0 Å². The van der Waals surface area contributed by atoms with E-state index in [1.54, 1.807) is 0 Å². The van der Waals surface area contributed by atoms with E-state index in [0.717, 1.165) is 62.5 Å². The molecule has 0 radical (unpaired) electrons. The summed E-state index contributed by atoms with van der Waals surface area (Å²) in [5.74, 6) is 0.155. The number of nitrogens with one attached hydrogen (secondary N) is 1. The molecule has 6 nitrogen and oxygen atoms in total. The van der Waals surface area contributed by atoms with Gasteiger partial charge in [-0.05, 0) is 54.4 Å². The molecule has 4 rings (SSSR count). The average molecular weight is 435 g/mol. The summed E-state index contributed by atoms with van der Waals surface area (Å²) >= 11 is 0. The van der Waals surface area contributed by atoms with Crippen LogP contribution in [0, 0.1) is 5.92 Å². The highest BCUT2D eigenvalue weighted by molar-refractivity contribution is 5.97. The molecule has 6 heteroatoms. The number of hydrogen-bond donors (Lipinski definition) is 1. The minimum absolute atomic E-state index is 0.000810. The Kier molecular flexibility index (Phi) is 6.92. The molecule has 1 saturated heterocycles.